The van der Waals surface area contributed by atoms with Crippen LogP contribution in [0, 0.1) is 18.3 Å². The number of thiophene rings is 1. The summed E-state index contributed by atoms with van der Waals surface area (Å²) in [6.07, 6.45) is 6.49. The van der Waals surface area contributed by atoms with Crippen LogP contribution in [0.4, 0.5) is 0 Å². The molecule has 0 bridgehead atoms. The summed E-state index contributed by atoms with van der Waals surface area (Å²) >= 11 is 7.97. The molecule has 0 radical (unpaired) electrons. The Balaban J connectivity index is 1.67. The van der Waals surface area contributed by atoms with E-state index >= 15 is 0 Å². The SMILES string of the molecule is C#CCn1c(=NC(=O)C2CCCN(S(=O)(=O)c3ccc(Cl)s3)C2)sc2cc(S(N)(=O)=O)ccc21. The molecule has 1 aliphatic heterocycles. The van der Waals surface area contributed by atoms with Gasteiger partial charge in [0.05, 0.1) is 31.9 Å². The highest BCUT2D eigenvalue weighted by Crippen LogP contribution is 2.31. The summed E-state index contributed by atoms with van der Waals surface area (Å²) in [5, 5.41) is 5.22. The third kappa shape index (κ3) is 4.99. The fourth-order valence-electron chi connectivity index (χ4n) is 3.67. The molecule has 3 aromatic rings. The molecular weight excluding hydrogens is 540 g/mol. The molecule has 14 heteroatoms. The second-order valence-electron chi connectivity index (χ2n) is 7.56. The number of piperidine rings is 1. The second-order valence-corrected chi connectivity index (χ2v) is 14.0. The summed E-state index contributed by atoms with van der Waals surface area (Å²) in [6, 6.07) is 7.31. The lowest BCUT2D eigenvalue weighted by Crippen LogP contribution is -2.42. The topological polar surface area (TPSA) is 132 Å². The molecule has 1 saturated heterocycles. The molecule has 1 aliphatic rings. The number of fused-ring (bicyclic) bond motifs is 1. The van der Waals surface area contributed by atoms with Gasteiger partial charge in [0.15, 0.2) is 4.80 Å². The minimum atomic E-state index is -3.90. The van der Waals surface area contributed by atoms with Crippen LogP contribution >= 0.6 is 34.3 Å². The zero-order chi connectivity index (χ0) is 24.7. The number of primary sulfonamides is 1. The van der Waals surface area contributed by atoms with Crippen LogP contribution < -0.4 is 9.94 Å². The number of carbonyl (C=O) groups excluding carboxylic acids is 1. The number of halogens is 1. The normalized spacial score (nSPS) is 18.3. The third-order valence-electron chi connectivity index (χ3n) is 5.31. The Morgan fingerprint density at radius 3 is 2.65 bits per heavy atom. The maximum atomic E-state index is 13.1. The lowest BCUT2D eigenvalue weighted by Gasteiger charge is -2.29. The van der Waals surface area contributed by atoms with E-state index in [9.17, 15) is 21.6 Å². The first-order valence-corrected chi connectivity index (χ1v) is 14.9. The quantitative estimate of drug-likeness (QED) is 0.480. The van der Waals surface area contributed by atoms with Gasteiger partial charge in [-0.1, -0.05) is 28.9 Å². The number of rotatable bonds is 5. The Bertz CT molecular complexity index is 1600. The Hall–Kier alpha value is -2.05. The highest BCUT2D eigenvalue weighted by molar-refractivity contribution is 7.91. The molecule has 0 spiro atoms. The van der Waals surface area contributed by atoms with Gasteiger partial charge in [0.25, 0.3) is 15.9 Å². The van der Waals surface area contributed by atoms with Gasteiger partial charge in [-0.15, -0.1) is 17.8 Å². The molecule has 9 nitrogen and oxygen atoms in total. The number of sulfonamides is 2. The molecule has 1 fully saturated rings. The van der Waals surface area contributed by atoms with Crippen LogP contribution in [0.5, 0.6) is 0 Å². The van der Waals surface area contributed by atoms with Gasteiger partial charge in [0.2, 0.25) is 10.0 Å². The summed E-state index contributed by atoms with van der Waals surface area (Å²) in [5.41, 5.74) is 0.615. The molecule has 4 rings (SSSR count). The van der Waals surface area contributed by atoms with E-state index in [1.54, 1.807) is 10.6 Å². The number of benzene rings is 1. The fourth-order valence-corrected chi connectivity index (χ4v) is 8.52. The van der Waals surface area contributed by atoms with Gasteiger partial charge in [-0.05, 0) is 43.2 Å². The third-order valence-corrected chi connectivity index (χ3v) is 10.8. The average molecular weight is 559 g/mol. The molecule has 0 saturated carbocycles. The first-order valence-electron chi connectivity index (χ1n) is 9.94. The van der Waals surface area contributed by atoms with Crippen molar-refractivity contribution in [2.75, 3.05) is 13.1 Å². The lowest BCUT2D eigenvalue weighted by molar-refractivity contribution is -0.122. The van der Waals surface area contributed by atoms with Crippen molar-refractivity contribution in [3.8, 4) is 12.3 Å². The molecule has 34 heavy (non-hydrogen) atoms. The molecule has 180 valence electrons. The van der Waals surface area contributed by atoms with Gasteiger partial charge in [-0.3, -0.25) is 4.79 Å². The molecule has 1 amide bonds. The van der Waals surface area contributed by atoms with Crippen LogP contribution in [0.1, 0.15) is 12.8 Å². The number of amides is 1. The van der Waals surface area contributed by atoms with Crippen molar-refractivity contribution in [1.82, 2.24) is 8.87 Å². The molecule has 1 aromatic carbocycles. The average Bonchev–Trinajstić information content (AvgIpc) is 3.37. The Morgan fingerprint density at radius 2 is 2.00 bits per heavy atom. The van der Waals surface area contributed by atoms with E-state index in [4.69, 9.17) is 23.2 Å². The first-order chi connectivity index (χ1) is 16.0. The lowest BCUT2D eigenvalue weighted by atomic mass is 9.99. The number of thiazole rings is 1. The van der Waals surface area contributed by atoms with Gasteiger partial charge in [-0.2, -0.15) is 9.30 Å². The summed E-state index contributed by atoms with van der Waals surface area (Å²) in [6.45, 7) is 0.429. The number of nitrogens with two attached hydrogens (primary N) is 1. The van der Waals surface area contributed by atoms with Gasteiger partial charge >= 0.3 is 0 Å². The number of nitrogens with zero attached hydrogens (tertiary/aromatic N) is 3. The van der Waals surface area contributed by atoms with Crippen LogP contribution in [0.15, 0.2) is 44.4 Å². The summed E-state index contributed by atoms with van der Waals surface area (Å²) in [5.74, 6) is 1.42. The second kappa shape index (κ2) is 9.54. The number of carbonyl (C=O) groups is 1. The first kappa shape index (κ1) is 25.1. The van der Waals surface area contributed by atoms with Crippen molar-refractivity contribution in [2.45, 2.75) is 28.5 Å². The Morgan fingerprint density at radius 1 is 1.24 bits per heavy atom. The minimum absolute atomic E-state index is 0.00971. The van der Waals surface area contributed by atoms with Gasteiger partial charge < -0.3 is 4.57 Å². The highest BCUT2D eigenvalue weighted by Gasteiger charge is 2.34. The highest BCUT2D eigenvalue weighted by atomic mass is 35.5. The van der Waals surface area contributed by atoms with Crippen molar-refractivity contribution in [3.63, 3.8) is 0 Å². The summed E-state index contributed by atoms with van der Waals surface area (Å²) in [4.78, 5) is 17.5. The van der Waals surface area contributed by atoms with Gasteiger partial charge in [0.1, 0.15) is 4.21 Å². The van der Waals surface area contributed by atoms with Crippen molar-refractivity contribution < 1.29 is 21.6 Å². The predicted molar refractivity (Wildman–Crippen MR) is 131 cm³/mol. The van der Waals surface area contributed by atoms with E-state index in [1.165, 1.54) is 28.6 Å². The van der Waals surface area contributed by atoms with Crippen molar-refractivity contribution >= 4 is 70.4 Å². The number of aromatic nitrogens is 1. The maximum absolute atomic E-state index is 13.1. The van der Waals surface area contributed by atoms with Crippen LogP contribution in [0.25, 0.3) is 10.2 Å². The van der Waals surface area contributed by atoms with E-state index in [-0.39, 0.29) is 22.2 Å². The molecule has 0 aliphatic carbocycles. The monoisotopic (exact) mass is 558 g/mol. The van der Waals surface area contributed by atoms with Crippen molar-refractivity contribution in [1.29, 1.82) is 0 Å². The van der Waals surface area contributed by atoms with E-state index in [0.717, 1.165) is 22.7 Å². The smallest absolute Gasteiger partial charge is 0.252 e. The van der Waals surface area contributed by atoms with E-state index in [0.29, 0.717) is 38.7 Å². The van der Waals surface area contributed by atoms with E-state index in [1.807, 2.05) is 0 Å². The Labute approximate surface area is 209 Å². The van der Waals surface area contributed by atoms with E-state index in [2.05, 4.69) is 10.9 Å². The standard InChI is InChI=1S/C20H19ClN4O5S4/c1-2-9-25-15-6-5-14(33(22,27)28)11-16(15)31-20(25)23-19(26)13-4-3-10-24(12-13)34(29,30)18-8-7-17(21)32-18/h1,5-8,11,13H,3-4,9-10,12H2,(H2,22,27,28). The van der Waals surface area contributed by atoms with Crippen LogP contribution in [0.2, 0.25) is 4.34 Å². The van der Waals surface area contributed by atoms with Gasteiger partial charge in [0, 0.05) is 13.1 Å². The molecule has 1 unspecified atom stereocenters. The van der Waals surface area contributed by atoms with Crippen molar-refractivity contribution in [3.05, 3.63) is 39.5 Å². The summed E-state index contributed by atoms with van der Waals surface area (Å²) in [7, 11) is -7.66. The van der Waals surface area contributed by atoms with Crippen LogP contribution in [0.3, 0.4) is 0 Å². The molecular formula is C20H19ClN4O5S4. The Kier molecular flexibility index (Phi) is 7.03. The molecule has 2 N–H and O–H groups in total. The van der Waals surface area contributed by atoms with Crippen LogP contribution in [-0.4, -0.2) is 44.7 Å². The minimum Gasteiger partial charge on any atom is -0.305 e. The summed E-state index contributed by atoms with van der Waals surface area (Å²) < 4.78 is 53.3. The van der Waals surface area contributed by atoms with E-state index < -0.39 is 31.9 Å². The number of hydrogen-bond acceptors (Lipinski definition) is 7. The predicted octanol–water partition coefficient (Wildman–Crippen LogP) is 2.23. The maximum Gasteiger partial charge on any atom is 0.252 e. The zero-order valence-electron chi connectivity index (χ0n) is 17.5. The fraction of sp³-hybridized carbons (Fsp3) is 0.300. The van der Waals surface area contributed by atoms with Gasteiger partial charge in [-0.25, -0.2) is 22.0 Å². The molecule has 3 heterocycles. The number of hydrogen-bond donors (Lipinski definition) is 1. The zero-order valence-corrected chi connectivity index (χ0v) is 21.6. The number of terminal acetylenes is 1. The van der Waals surface area contributed by atoms with Crippen molar-refractivity contribution in [2.24, 2.45) is 16.0 Å². The molecule has 2 aromatic heterocycles. The van der Waals surface area contributed by atoms with Crippen LogP contribution in [-0.2, 0) is 31.4 Å². The largest absolute Gasteiger partial charge is 0.305 e. The molecule has 1 atom stereocenters.